The summed E-state index contributed by atoms with van der Waals surface area (Å²) < 4.78 is 28.8. The zero-order valence-corrected chi connectivity index (χ0v) is 18.6. The van der Waals surface area contributed by atoms with Crippen molar-refractivity contribution in [2.45, 2.75) is 26.3 Å². The molecule has 0 radical (unpaired) electrons. The molecule has 1 aromatic heterocycles. The quantitative estimate of drug-likeness (QED) is 0.674. The third kappa shape index (κ3) is 3.54. The standard InChI is InChI=1S/C22H24N4O4S/c1-14-12-17-13-16(10-11-19(17)26(14)31(4,29)30)21(27)23-20-15(2)24(3)25(22(20)28)18-8-6-5-7-9-18/h5-11,13-14H,12H2,1-4H3,(H,23,27)/t14-/m1/s1. The van der Waals surface area contributed by atoms with Gasteiger partial charge in [0, 0.05) is 18.7 Å². The molecule has 0 fully saturated rings. The molecule has 0 saturated carbocycles. The molecule has 4 rings (SSSR count). The summed E-state index contributed by atoms with van der Waals surface area (Å²) in [5.41, 5.74) is 2.97. The molecule has 0 spiro atoms. The predicted octanol–water partition coefficient (Wildman–Crippen LogP) is 2.45. The average molecular weight is 441 g/mol. The number of benzene rings is 2. The van der Waals surface area contributed by atoms with E-state index >= 15 is 0 Å². The van der Waals surface area contributed by atoms with Gasteiger partial charge in [0.2, 0.25) is 10.0 Å². The third-order valence-electron chi connectivity index (χ3n) is 5.64. The number of fused-ring (bicyclic) bond motifs is 1. The summed E-state index contributed by atoms with van der Waals surface area (Å²) in [6, 6.07) is 13.9. The summed E-state index contributed by atoms with van der Waals surface area (Å²) in [5, 5.41) is 2.74. The van der Waals surface area contributed by atoms with Crippen molar-refractivity contribution in [3.8, 4) is 5.69 Å². The Balaban J connectivity index is 1.67. The highest BCUT2D eigenvalue weighted by Crippen LogP contribution is 2.34. The van der Waals surface area contributed by atoms with E-state index in [9.17, 15) is 18.0 Å². The lowest BCUT2D eigenvalue weighted by molar-refractivity contribution is 0.102. The van der Waals surface area contributed by atoms with Crippen LogP contribution in [0.25, 0.3) is 5.69 Å². The number of anilines is 2. The molecule has 2 aromatic carbocycles. The smallest absolute Gasteiger partial charge is 0.295 e. The van der Waals surface area contributed by atoms with Crippen molar-refractivity contribution in [2.75, 3.05) is 15.9 Å². The minimum atomic E-state index is -3.40. The third-order valence-corrected chi connectivity index (χ3v) is 6.92. The summed E-state index contributed by atoms with van der Waals surface area (Å²) in [7, 11) is -1.64. The van der Waals surface area contributed by atoms with Gasteiger partial charge in [-0.15, -0.1) is 0 Å². The largest absolute Gasteiger partial charge is 0.316 e. The molecule has 3 aromatic rings. The topological polar surface area (TPSA) is 93.4 Å². The Hall–Kier alpha value is -3.33. The number of sulfonamides is 1. The van der Waals surface area contributed by atoms with E-state index < -0.39 is 15.9 Å². The van der Waals surface area contributed by atoms with E-state index in [1.54, 1.807) is 36.9 Å². The average Bonchev–Trinajstić information content (AvgIpc) is 3.16. The molecule has 2 heterocycles. The van der Waals surface area contributed by atoms with Crippen LogP contribution in [-0.4, -0.2) is 36.0 Å². The maximum absolute atomic E-state index is 13.0. The fourth-order valence-electron chi connectivity index (χ4n) is 4.15. The molecule has 31 heavy (non-hydrogen) atoms. The van der Waals surface area contributed by atoms with E-state index in [0.717, 1.165) is 5.56 Å². The number of nitrogens with one attached hydrogen (secondary N) is 1. The first kappa shape index (κ1) is 20.9. The van der Waals surface area contributed by atoms with Crippen LogP contribution in [0.4, 0.5) is 11.4 Å². The van der Waals surface area contributed by atoms with E-state index in [4.69, 9.17) is 0 Å². The molecular formula is C22H24N4O4S. The number of nitrogens with zero attached hydrogens (tertiary/aromatic N) is 3. The maximum atomic E-state index is 13.0. The molecule has 0 saturated heterocycles. The molecule has 1 aliphatic rings. The first-order chi connectivity index (χ1) is 14.6. The zero-order valence-electron chi connectivity index (χ0n) is 17.8. The van der Waals surface area contributed by atoms with Gasteiger partial charge in [0.15, 0.2) is 0 Å². The van der Waals surface area contributed by atoms with Crippen molar-refractivity contribution in [2.24, 2.45) is 7.05 Å². The molecule has 0 unspecified atom stereocenters. The van der Waals surface area contributed by atoms with E-state index in [-0.39, 0.29) is 17.3 Å². The molecule has 1 atom stereocenters. The second-order valence-corrected chi connectivity index (χ2v) is 9.71. The van der Waals surface area contributed by atoms with Crippen molar-refractivity contribution in [1.82, 2.24) is 9.36 Å². The van der Waals surface area contributed by atoms with Crippen LogP contribution >= 0.6 is 0 Å². The first-order valence-corrected chi connectivity index (χ1v) is 11.7. The van der Waals surface area contributed by atoms with Gasteiger partial charge in [-0.3, -0.25) is 18.6 Å². The van der Waals surface area contributed by atoms with Gasteiger partial charge < -0.3 is 5.32 Å². The van der Waals surface area contributed by atoms with Gasteiger partial charge in [-0.2, -0.15) is 0 Å². The summed E-state index contributed by atoms with van der Waals surface area (Å²) >= 11 is 0. The summed E-state index contributed by atoms with van der Waals surface area (Å²) in [6.07, 6.45) is 1.70. The molecule has 0 bridgehead atoms. The second-order valence-electron chi connectivity index (χ2n) is 7.85. The fourth-order valence-corrected chi connectivity index (χ4v) is 5.41. The number of amides is 1. The number of aromatic nitrogens is 2. The van der Waals surface area contributed by atoms with Crippen LogP contribution in [0.3, 0.4) is 0 Å². The zero-order chi connectivity index (χ0) is 22.5. The van der Waals surface area contributed by atoms with Crippen molar-refractivity contribution in [1.29, 1.82) is 0 Å². The molecular weight excluding hydrogens is 416 g/mol. The Morgan fingerprint density at radius 1 is 1.13 bits per heavy atom. The van der Waals surface area contributed by atoms with Crippen molar-refractivity contribution in [3.63, 3.8) is 0 Å². The first-order valence-electron chi connectivity index (χ1n) is 9.87. The molecule has 9 heteroatoms. The number of rotatable bonds is 4. The van der Waals surface area contributed by atoms with E-state index in [1.807, 2.05) is 37.3 Å². The Labute approximate surface area is 180 Å². The van der Waals surface area contributed by atoms with Gasteiger partial charge >= 0.3 is 0 Å². The van der Waals surface area contributed by atoms with Crippen molar-refractivity contribution >= 4 is 27.3 Å². The number of hydrogen-bond acceptors (Lipinski definition) is 4. The van der Waals surface area contributed by atoms with Crippen molar-refractivity contribution < 1.29 is 13.2 Å². The lowest BCUT2D eigenvalue weighted by Crippen LogP contribution is -2.34. The van der Waals surface area contributed by atoms with Gasteiger partial charge in [-0.05, 0) is 56.2 Å². The molecule has 0 aliphatic carbocycles. The molecule has 1 aliphatic heterocycles. The van der Waals surface area contributed by atoms with Crippen LogP contribution < -0.4 is 15.2 Å². The molecule has 1 amide bonds. The minimum Gasteiger partial charge on any atom is -0.316 e. The van der Waals surface area contributed by atoms with Crippen LogP contribution in [0.1, 0.15) is 28.5 Å². The van der Waals surface area contributed by atoms with Crippen molar-refractivity contribution in [3.05, 3.63) is 75.7 Å². The number of hydrogen-bond donors (Lipinski definition) is 1. The number of para-hydroxylation sites is 1. The maximum Gasteiger partial charge on any atom is 0.295 e. The van der Waals surface area contributed by atoms with E-state index in [0.29, 0.717) is 29.1 Å². The summed E-state index contributed by atoms with van der Waals surface area (Å²) in [4.78, 5) is 26.0. The Kier molecular flexibility index (Phi) is 5.01. The Morgan fingerprint density at radius 2 is 1.81 bits per heavy atom. The Morgan fingerprint density at radius 3 is 2.45 bits per heavy atom. The fraction of sp³-hybridized carbons (Fsp3) is 0.273. The van der Waals surface area contributed by atoms with Gasteiger partial charge in [-0.25, -0.2) is 13.1 Å². The number of carbonyl (C=O) groups excluding carboxylic acids is 1. The van der Waals surface area contributed by atoms with E-state index in [2.05, 4.69) is 5.32 Å². The van der Waals surface area contributed by atoms with Gasteiger partial charge in [0.1, 0.15) is 5.69 Å². The van der Waals surface area contributed by atoms with Crippen LogP contribution in [-0.2, 0) is 23.5 Å². The minimum absolute atomic E-state index is 0.210. The van der Waals surface area contributed by atoms with Gasteiger partial charge in [0.25, 0.3) is 11.5 Å². The molecule has 162 valence electrons. The van der Waals surface area contributed by atoms with Crippen LogP contribution in [0, 0.1) is 6.92 Å². The monoisotopic (exact) mass is 440 g/mol. The van der Waals surface area contributed by atoms with Gasteiger partial charge in [-0.1, -0.05) is 18.2 Å². The van der Waals surface area contributed by atoms with Gasteiger partial charge in [0.05, 0.1) is 23.3 Å². The van der Waals surface area contributed by atoms with E-state index in [1.165, 1.54) is 15.2 Å². The highest BCUT2D eigenvalue weighted by Gasteiger charge is 2.33. The Bertz CT molecular complexity index is 1340. The highest BCUT2D eigenvalue weighted by molar-refractivity contribution is 7.92. The van der Waals surface area contributed by atoms with Crippen LogP contribution in [0.2, 0.25) is 0 Å². The van der Waals surface area contributed by atoms with Crippen LogP contribution in [0.5, 0.6) is 0 Å². The molecule has 1 N–H and O–H groups in total. The molecule has 8 nitrogen and oxygen atoms in total. The lowest BCUT2D eigenvalue weighted by atomic mass is 10.1. The predicted molar refractivity (Wildman–Crippen MR) is 121 cm³/mol. The summed E-state index contributed by atoms with van der Waals surface area (Å²) in [6.45, 7) is 3.60. The SMILES string of the molecule is Cc1c(NC(=O)c2ccc3c(c2)C[C@@H](C)N3S(C)(=O)=O)c(=O)n(-c2ccccc2)n1C. The highest BCUT2D eigenvalue weighted by atomic mass is 32.2. The lowest BCUT2D eigenvalue weighted by Gasteiger charge is -2.21. The van der Waals surface area contributed by atoms with Crippen LogP contribution in [0.15, 0.2) is 53.3 Å². The number of carbonyl (C=O) groups is 1. The summed E-state index contributed by atoms with van der Waals surface area (Å²) in [5.74, 6) is -0.417. The normalized spacial score (nSPS) is 15.7. The second kappa shape index (κ2) is 7.42.